The zero-order chi connectivity index (χ0) is 14.7. The summed E-state index contributed by atoms with van der Waals surface area (Å²) < 4.78 is 0.906. The van der Waals surface area contributed by atoms with E-state index >= 15 is 0 Å². The third-order valence-corrected chi connectivity index (χ3v) is 3.83. The third-order valence-electron chi connectivity index (χ3n) is 2.64. The number of nitro groups is 1. The van der Waals surface area contributed by atoms with Gasteiger partial charge in [0.25, 0.3) is 5.69 Å². The van der Waals surface area contributed by atoms with E-state index in [0.717, 1.165) is 10.0 Å². The van der Waals surface area contributed by atoms with Crippen LogP contribution >= 0.6 is 39.1 Å². The van der Waals surface area contributed by atoms with Crippen molar-refractivity contribution in [3.8, 4) is 0 Å². The molecule has 20 heavy (non-hydrogen) atoms. The Kier molecular flexibility index (Phi) is 4.86. The van der Waals surface area contributed by atoms with E-state index in [0.29, 0.717) is 22.3 Å². The molecular formula is C13H9BrCl2N2O2. The molecule has 0 saturated heterocycles. The lowest BCUT2D eigenvalue weighted by Crippen LogP contribution is -2.01. The SMILES string of the molecule is O=[N+]([O-])c1ccc(Cl)c(NCc2cc(Br)ccc2Cl)c1. The van der Waals surface area contributed by atoms with Gasteiger partial charge in [0.2, 0.25) is 0 Å². The summed E-state index contributed by atoms with van der Waals surface area (Å²) in [6.45, 7) is 0.416. The van der Waals surface area contributed by atoms with Crippen molar-refractivity contribution in [2.24, 2.45) is 0 Å². The number of halogens is 3. The standard InChI is InChI=1S/C13H9BrCl2N2O2/c14-9-1-3-11(15)8(5-9)7-17-13-6-10(18(19)20)2-4-12(13)16/h1-6,17H,7H2. The van der Waals surface area contributed by atoms with Crippen LogP contribution in [0.5, 0.6) is 0 Å². The molecule has 0 spiro atoms. The van der Waals surface area contributed by atoms with Crippen LogP contribution in [0.3, 0.4) is 0 Å². The monoisotopic (exact) mass is 374 g/mol. The average Bonchev–Trinajstić information content (AvgIpc) is 2.41. The summed E-state index contributed by atoms with van der Waals surface area (Å²) in [5.74, 6) is 0. The molecule has 0 amide bonds. The fourth-order valence-electron chi connectivity index (χ4n) is 1.63. The summed E-state index contributed by atoms with van der Waals surface area (Å²) in [4.78, 5) is 10.3. The first-order chi connectivity index (χ1) is 9.47. The normalized spacial score (nSPS) is 10.3. The molecule has 0 atom stereocenters. The van der Waals surface area contributed by atoms with Gasteiger partial charge in [0.1, 0.15) is 0 Å². The van der Waals surface area contributed by atoms with Gasteiger partial charge in [-0.25, -0.2) is 0 Å². The fraction of sp³-hybridized carbons (Fsp3) is 0.0769. The molecule has 0 radical (unpaired) electrons. The minimum atomic E-state index is -0.465. The molecule has 0 aliphatic rings. The van der Waals surface area contributed by atoms with Crippen molar-refractivity contribution in [3.05, 3.63) is 66.6 Å². The zero-order valence-electron chi connectivity index (χ0n) is 10.1. The molecule has 0 unspecified atom stereocenters. The maximum absolute atomic E-state index is 10.7. The van der Waals surface area contributed by atoms with E-state index < -0.39 is 4.92 Å². The Morgan fingerprint density at radius 1 is 1.15 bits per heavy atom. The summed E-state index contributed by atoms with van der Waals surface area (Å²) >= 11 is 15.5. The highest BCUT2D eigenvalue weighted by molar-refractivity contribution is 9.10. The Hall–Kier alpha value is -1.30. The lowest BCUT2D eigenvalue weighted by atomic mass is 10.2. The fourth-order valence-corrected chi connectivity index (χ4v) is 2.41. The Bertz CT molecular complexity index is 665. The first-order valence-corrected chi connectivity index (χ1v) is 7.14. The first-order valence-electron chi connectivity index (χ1n) is 5.59. The van der Waals surface area contributed by atoms with Gasteiger partial charge < -0.3 is 5.32 Å². The summed E-state index contributed by atoms with van der Waals surface area (Å²) in [5, 5.41) is 14.8. The van der Waals surface area contributed by atoms with Crippen LogP contribution in [0.15, 0.2) is 40.9 Å². The number of hydrogen-bond donors (Lipinski definition) is 1. The van der Waals surface area contributed by atoms with E-state index in [1.807, 2.05) is 12.1 Å². The van der Waals surface area contributed by atoms with Crippen LogP contribution in [0.25, 0.3) is 0 Å². The van der Waals surface area contributed by atoms with E-state index in [-0.39, 0.29) is 5.69 Å². The van der Waals surface area contributed by atoms with Crippen molar-refractivity contribution in [2.75, 3.05) is 5.32 Å². The van der Waals surface area contributed by atoms with Crippen LogP contribution in [0, 0.1) is 10.1 Å². The van der Waals surface area contributed by atoms with E-state index in [1.54, 1.807) is 6.07 Å². The molecule has 0 heterocycles. The van der Waals surface area contributed by atoms with Crippen molar-refractivity contribution in [1.82, 2.24) is 0 Å². The molecule has 0 aromatic heterocycles. The second-order valence-electron chi connectivity index (χ2n) is 4.01. The Balaban J connectivity index is 2.20. The molecule has 2 aromatic rings. The summed E-state index contributed by atoms with van der Waals surface area (Å²) in [6, 6.07) is 9.74. The van der Waals surface area contributed by atoms with E-state index in [2.05, 4.69) is 21.2 Å². The van der Waals surface area contributed by atoms with Gasteiger partial charge in [0.15, 0.2) is 0 Å². The van der Waals surface area contributed by atoms with Crippen LogP contribution in [0.1, 0.15) is 5.56 Å². The van der Waals surface area contributed by atoms with E-state index in [4.69, 9.17) is 23.2 Å². The molecule has 0 aliphatic carbocycles. The maximum atomic E-state index is 10.7. The molecule has 2 aromatic carbocycles. The number of nitrogens with zero attached hydrogens (tertiary/aromatic N) is 1. The largest absolute Gasteiger partial charge is 0.380 e. The molecule has 0 aliphatic heterocycles. The Morgan fingerprint density at radius 3 is 2.55 bits per heavy atom. The number of nitrogens with one attached hydrogen (secondary N) is 1. The molecule has 0 saturated carbocycles. The quantitative estimate of drug-likeness (QED) is 0.584. The Labute approximate surface area is 134 Å². The molecule has 4 nitrogen and oxygen atoms in total. The van der Waals surface area contributed by atoms with Crippen LogP contribution in [0.2, 0.25) is 10.0 Å². The van der Waals surface area contributed by atoms with Gasteiger partial charge in [-0.15, -0.1) is 0 Å². The molecule has 7 heteroatoms. The highest BCUT2D eigenvalue weighted by Gasteiger charge is 2.10. The van der Waals surface area contributed by atoms with E-state index in [1.165, 1.54) is 18.2 Å². The number of hydrogen-bond acceptors (Lipinski definition) is 3. The summed E-state index contributed by atoms with van der Waals surface area (Å²) in [6.07, 6.45) is 0. The lowest BCUT2D eigenvalue weighted by molar-refractivity contribution is -0.384. The molecule has 0 bridgehead atoms. The minimum Gasteiger partial charge on any atom is -0.380 e. The van der Waals surface area contributed by atoms with E-state index in [9.17, 15) is 10.1 Å². The molecule has 0 fully saturated rings. The van der Waals surface area contributed by atoms with Gasteiger partial charge >= 0.3 is 0 Å². The molecular weight excluding hydrogens is 367 g/mol. The maximum Gasteiger partial charge on any atom is 0.271 e. The number of anilines is 1. The van der Waals surface area contributed by atoms with Gasteiger partial charge in [-0.1, -0.05) is 39.1 Å². The number of nitro benzene ring substituents is 1. The lowest BCUT2D eigenvalue weighted by Gasteiger charge is -2.10. The average molecular weight is 376 g/mol. The van der Waals surface area contributed by atoms with Crippen LogP contribution in [-0.2, 0) is 6.54 Å². The van der Waals surface area contributed by atoms with Crippen molar-refractivity contribution in [1.29, 1.82) is 0 Å². The number of benzene rings is 2. The predicted molar refractivity (Wildman–Crippen MR) is 84.6 cm³/mol. The third kappa shape index (κ3) is 3.62. The topological polar surface area (TPSA) is 55.2 Å². The van der Waals surface area contributed by atoms with Crippen LogP contribution in [-0.4, -0.2) is 4.92 Å². The predicted octanol–water partition coefficient (Wildman–Crippen LogP) is 5.28. The number of non-ortho nitro benzene ring substituents is 1. The Morgan fingerprint density at radius 2 is 1.85 bits per heavy atom. The van der Waals surface area contributed by atoms with Gasteiger partial charge in [0, 0.05) is 28.2 Å². The van der Waals surface area contributed by atoms with Crippen LogP contribution in [0.4, 0.5) is 11.4 Å². The zero-order valence-corrected chi connectivity index (χ0v) is 13.2. The van der Waals surface area contributed by atoms with Crippen molar-refractivity contribution in [2.45, 2.75) is 6.54 Å². The summed E-state index contributed by atoms with van der Waals surface area (Å²) in [7, 11) is 0. The van der Waals surface area contributed by atoms with Crippen molar-refractivity contribution in [3.63, 3.8) is 0 Å². The second kappa shape index (κ2) is 6.43. The molecule has 2 rings (SSSR count). The minimum absolute atomic E-state index is 0.0164. The van der Waals surface area contributed by atoms with Gasteiger partial charge in [-0.2, -0.15) is 0 Å². The van der Waals surface area contributed by atoms with Crippen molar-refractivity contribution >= 4 is 50.5 Å². The highest BCUT2D eigenvalue weighted by atomic mass is 79.9. The smallest absolute Gasteiger partial charge is 0.271 e. The van der Waals surface area contributed by atoms with Gasteiger partial charge in [0.05, 0.1) is 15.6 Å². The summed E-state index contributed by atoms with van der Waals surface area (Å²) in [5.41, 5.74) is 1.35. The molecule has 104 valence electrons. The van der Waals surface area contributed by atoms with Gasteiger partial charge in [-0.3, -0.25) is 10.1 Å². The van der Waals surface area contributed by atoms with Gasteiger partial charge in [-0.05, 0) is 29.8 Å². The second-order valence-corrected chi connectivity index (χ2v) is 5.74. The highest BCUT2D eigenvalue weighted by Crippen LogP contribution is 2.28. The van der Waals surface area contributed by atoms with Crippen LogP contribution < -0.4 is 5.32 Å². The first kappa shape index (κ1) is 15.1. The van der Waals surface area contributed by atoms with Crippen molar-refractivity contribution < 1.29 is 4.92 Å². The number of rotatable bonds is 4. The molecule has 1 N–H and O–H groups in total.